The van der Waals surface area contributed by atoms with Gasteiger partial charge >= 0.3 is 5.97 Å². The Hall–Kier alpha value is -4.20. The van der Waals surface area contributed by atoms with Crippen molar-refractivity contribution in [1.82, 2.24) is 5.32 Å². The number of allylic oxidation sites excluding steroid dienone is 21. The van der Waals surface area contributed by atoms with Crippen molar-refractivity contribution < 1.29 is 49.3 Å². The number of aliphatic hydroxyl groups excluding tert-OH is 5. The molecule has 1 fully saturated rings. The first-order valence-corrected chi connectivity index (χ1v) is 24.6. The highest BCUT2D eigenvalue weighted by atomic mass is 16.7. The number of rotatable bonds is 37. The molecule has 1 heterocycles. The van der Waals surface area contributed by atoms with Gasteiger partial charge in [-0.1, -0.05) is 212 Å². The van der Waals surface area contributed by atoms with Crippen molar-refractivity contribution in [3.05, 3.63) is 134 Å². The molecule has 0 aromatic heterocycles. The molecule has 6 N–H and O–H groups in total. The zero-order valence-corrected chi connectivity index (χ0v) is 40.2. The van der Waals surface area contributed by atoms with Crippen molar-refractivity contribution in [2.24, 2.45) is 0 Å². The maximum atomic E-state index is 13.3. The topological polar surface area (TPSA) is 175 Å². The fraction of sp³-hybridized carbons (Fsp3) is 0.564. The zero-order valence-electron chi connectivity index (χ0n) is 40.2. The molecule has 1 aliphatic rings. The van der Waals surface area contributed by atoms with Crippen molar-refractivity contribution in [2.45, 2.75) is 185 Å². The molecule has 1 aliphatic heterocycles. The van der Waals surface area contributed by atoms with E-state index in [0.717, 1.165) is 38.5 Å². The summed E-state index contributed by atoms with van der Waals surface area (Å²) in [7, 11) is 0. The third-order valence-corrected chi connectivity index (χ3v) is 10.6. The van der Waals surface area contributed by atoms with Crippen LogP contribution in [-0.2, 0) is 23.8 Å². The van der Waals surface area contributed by atoms with Gasteiger partial charge < -0.3 is 45.1 Å². The van der Waals surface area contributed by atoms with Crippen molar-refractivity contribution in [2.75, 3.05) is 13.2 Å². The number of hydrogen-bond acceptors (Lipinski definition) is 10. The molecular formula is C55H85NO10. The maximum Gasteiger partial charge on any atom is 0.306 e. The number of esters is 1. The van der Waals surface area contributed by atoms with Gasteiger partial charge in [-0.05, 0) is 51.4 Å². The van der Waals surface area contributed by atoms with Gasteiger partial charge in [0.05, 0.1) is 25.4 Å². The molecule has 1 amide bonds. The van der Waals surface area contributed by atoms with E-state index in [2.05, 4.69) is 38.2 Å². The largest absolute Gasteiger partial charge is 0.454 e. The molecule has 11 nitrogen and oxygen atoms in total. The number of hydrogen-bond donors (Lipinski definition) is 6. The predicted molar refractivity (Wildman–Crippen MR) is 268 cm³/mol. The highest BCUT2D eigenvalue weighted by Gasteiger charge is 2.47. The highest BCUT2D eigenvalue weighted by molar-refractivity contribution is 5.80. The van der Waals surface area contributed by atoms with Crippen LogP contribution in [0.2, 0.25) is 0 Å². The van der Waals surface area contributed by atoms with E-state index in [0.29, 0.717) is 19.3 Å². The fourth-order valence-corrected chi connectivity index (χ4v) is 6.65. The number of carbonyl (C=O) groups is 2. The average Bonchev–Trinajstić information content (AvgIpc) is 3.31. The summed E-state index contributed by atoms with van der Waals surface area (Å²) in [6.45, 7) is 5.33. The van der Waals surface area contributed by atoms with Gasteiger partial charge in [-0.2, -0.15) is 0 Å². The Labute approximate surface area is 397 Å². The molecule has 0 aromatic carbocycles. The molecule has 0 aromatic rings. The standard InChI is InChI=1S/C55H85NO10/c1-4-7-10-13-16-19-22-25-28-31-34-37-40-43-50(60)66-53-52(62)51(61)49(44-57)65-55(53)64-45-46(47(58)41-38-35-32-29-26-23-20-17-14-11-8-5-2)56-54(63)48(59)42-39-36-33-30-27-24-21-18-15-12-9-6-3/h7,9-10,12-13,15-16,18-19,21-22,24-25,27-28,30-31,33-34,36,38,41,46-49,51-53,55,57-59,61-62H,4-6,8,11,14,17,20,23,26,29,32,35,37,39-40,42-45H2,1-3H3,(H,56,63)/b10-7+,12-9+,16-13+,18-15+,22-19-,24-21-,28-25-,30-27-,34-31+,36-33+,41-38+. The number of unbranched alkanes of at least 4 members (excludes halogenated alkanes) is 11. The summed E-state index contributed by atoms with van der Waals surface area (Å²) in [5.41, 5.74) is 0. The predicted octanol–water partition coefficient (Wildman–Crippen LogP) is 9.76. The van der Waals surface area contributed by atoms with E-state index in [1.165, 1.54) is 44.9 Å². The van der Waals surface area contributed by atoms with Crippen molar-refractivity contribution in [3.8, 4) is 0 Å². The van der Waals surface area contributed by atoms with Crippen LogP contribution in [0.4, 0.5) is 0 Å². The molecule has 0 bridgehead atoms. The average molecular weight is 920 g/mol. The summed E-state index contributed by atoms with van der Waals surface area (Å²) in [6, 6.07) is -1.08. The van der Waals surface area contributed by atoms with E-state index in [1.807, 2.05) is 115 Å². The van der Waals surface area contributed by atoms with Crippen LogP contribution < -0.4 is 5.32 Å². The van der Waals surface area contributed by atoms with Gasteiger partial charge in [-0.3, -0.25) is 9.59 Å². The Morgan fingerprint density at radius 1 is 0.606 bits per heavy atom. The smallest absolute Gasteiger partial charge is 0.306 e. The zero-order chi connectivity index (χ0) is 48.3. The van der Waals surface area contributed by atoms with E-state index in [1.54, 1.807) is 6.08 Å². The van der Waals surface area contributed by atoms with E-state index in [9.17, 15) is 35.1 Å². The molecule has 1 rings (SSSR count). The van der Waals surface area contributed by atoms with Crippen LogP contribution in [-0.4, -0.2) is 99.6 Å². The number of nitrogens with one attached hydrogen (secondary N) is 1. The second-order valence-corrected chi connectivity index (χ2v) is 16.3. The van der Waals surface area contributed by atoms with Crippen molar-refractivity contribution >= 4 is 11.9 Å². The third kappa shape index (κ3) is 30.9. The van der Waals surface area contributed by atoms with Gasteiger partial charge in [0.2, 0.25) is 5.91 Å². The summed E-state index contributed by atoms with van der Waals surface area (Å²) in [5.74, 6) is -1.37. The molecule has 0 aliphatic carbocycles. The lowest BCUT2D eigenvalue weighted by atomic mass is 9.99. The molecule has 0 radical (unpaired) electrons. The lowest BCUT2D eigenvalue weighted by Gasteiger charge is -2.41. The first-order valence-electron chi connectivity index (χ1n) is 24.6. The van der Waals surface area contributed by atoms with Crippen LogP contribution in [0.3, 0.4) is 0 Å². The SMILES string of the molecule is CC/C=C/C=C/C=C\C=C/C=C/CCCC(=O)OC1C(OCC(NC(=O)C(O)CC/C=C/C=C\C=C/C=C/C=C/CC)C(O)/C=C/CCCCCCCCCCCC)OC(CO)C(O)C1O. The van der Waals surface area contributed by atoms with E-state index in [4.69, 9.17) is 14.2 Å². The molecule has 66 heavy (non-hydrogen) atoms. The molecule has 1 saturated heterocycles. The van der Waals surface area contributed by atoms with Crippen LogP contribution in [0.15, 0.2) is 134 Å². The monoisotopic (exact) mass is 920 g/mol. The Balaban J connectivity index is 2.93. The van der Waals surface area contributed by atoms with Crippen LogP contribution in [0.1, 0.15) is 136 Å². The first kappa shape index (κ1) is 59.8. The molecule has 8 unspecified atom stereocenters. The van der Waals surface area contributed by atoms with Gasteiger partial charge in [-0.25, -0.2) is 0 Å². The van der Waals surface area contributed by atoms with E-state index < -0.39 is 67.4 Å². The lowest BCUT2D eigenvalue weighted by molar-refractivity contribution is -0.305. The Bertz CT molecular complexity index is 1570. The van der Waals surface area contributed by atoms with Gasteiger partial charge in [0.1, 0.15) is 24.4 Å². The van der Waals surface area contributed by atoms with Crippen LogP contribution in [0, 0.1) is 0 Å². The molecule has 370 valence electrons. The van der Waals surface area contributed by atoms with Crippen LogP contribution in [0.25, 0.3) is 0 Å². The Morgan fingerprint density at radius 2 is 1.09 bits per heavy atom. The first-order chi connectivity index (χ1) is 32.2. The lowest BCUT2D eigenvalue weighted by Crippen LogP contribution is -2.61. The summed E-state index contributed by atoms with van der Waals surface area (Å²) < 4.78 is 17.3. The minimum Gasteiger partial charge on any atom is -0.454 e. The Morgan fingerprint density at radius 3 is 1.62 bits per heavy atom. The van der Waals surface area contributed by atoms with Crippen LogP contribution in [0.5, 0.6) is 0 Å². The molecule has 0 saturated carbocycles. The van der Waals surface area contributed by atoms with E-state index in [-0.39, 0.29) is 19.4 Å². The number of aliphatic hydroxyl groups is 5. The fourth-order valence-electron chi connectivity index (χ4n) is 6.65. The molecule has 0 spiro atoms. The molecule has 11 heteroatoms. The minimum absolute atomic E-state index is 0.00986. The highest BCUT2D eigenvalue weighted by Crippen LogP contribution is 2.26. The summed E-state index contributed by atoms with van der Waals surface area (Å²) >= 11 is 0. The van der Waals surface area contributed by atoms with Crippen molar-refractivity contribution in [3.63, 3.8) is 0 Å². The third-order valence-electron chi connectivity index (χ3n) is 10.6. The summed E-state index contributed by atoms with van der Waals surface area (Å²) in [4.78, 5) is 26.2. The summed E-state index contributed by atoms with van der Waals surface area (Å²) in [6.07, 6.45) is 48.2. The van der Waals surface area contributed by atoms with E-state index >= 15 is 0 Å². The number of amides is 1. The van der Waals surface area contributed by atoms with Crippen LogP contribution >= 0.6 is 0 Å². The minimum atomic E-state index is -1.66. The van der Waals surface area contributed by atoms with Gasteiger partial charge in [0.25, 0.3) is 0 Å². The van der Waals surface area contributed by atoms with Gasteiger partial charge in [-0.15, -0.1) is 0 Å². The quantitative estimate of drug-likeness (QED) is 0.0152. The molecule has 8 atom stereocenters. The molecular weight excluding hydrogens is 835 g/mol. The van der Waals surface area contributed by atoms with Crippen molar-refractivity contribution in [1.29, 1.82) is 0 Å². The van der Waals surface area contributed by atoms with Gasteiger partial charge in [0, 0.05) is 6.42 Å². The second-order valence-electron chi connectivity index (χ2n) is 16.3. The van der Waals surface area contributed by atoms with Gasteiger partial charge in [0.15, 0.2) is 12.4 Å². The normalized spacial score (nSPS) is 21.4. The second kappa shape index (κ2) is 42.2. The number of ether oxygens (including phenoxy) is 3. The number of carbonyl (C=O) groups excluding carboxylic acids is 2. The Kier molecular flexibility index (Phi) is 38.2. The maximum absolute atomic E-state index is 13.3. The summed E-state index contributed by atoms with van der Waals surface area (Å²) in [5, 5.41) is 56.3.